The SMILES string of the molecule is CCOc1ccc(C(=O)N(CCN(Cc2ccccc2)C(=O)c2ccc(OCC)cc2)Cc2ccccc2)cc1. The largest absolute Gasteiger partial charge is 0.494 e. The van der Waals surface area contributed by atoms with Gasteiger partial charge in [0.05, 0.1) is 13.2 Å². The fraction of sp³-hybridized carbons (Fsp3) is 0.235. The lowest BCUT2D eigenvalue weighted by atomic mass is 10.1. The predicted octanol–water partition coefficient (Wildman–Crippen LogP) is 6.47. The van der Waals surface area contributed by atoms with Crippen molar-refractivity contribution < 1.29 is 19.1 Å². The van der Waals surface area contributed by atoms with Crippen LogP contribution in [0.15, 0.2) is 109 Å². The minimum absolute atomic E-state index is 0.0971. The minimum Gasteiger partial charge on any atom is -0.494 e. The Labute approximate surface area is 236 Å². The molecule has 6 nitrogen and oxygen atoms in total. The molecule has 0 radical (unpaired) electrons. The summed E-state index contributed by atoms with van der Waals surface area (Å²) < 4.78 is 11.1. The van der Waals surface area contributed by atoms with Gasteiger partial charge in [0.2, 0.25) is 0 Å². The summed E-state index contributed by atoms with van der Waals surface area (Å²) in [7, 11) is 0. The van der Waals surface area contributed by atoms with E-state index >= 15 is 0 Å². The van der Waals surface area contributed by atoms with E-state index in [1.165, 1.54) is 0 Å². The van der Waals surface area contributed by atoms with Crippen LogP contribution in [0.25, 0.3) is 0 Å². The monoisotopic (exact) mass is 536 g/mol. The van der Waals surface area contributed by atoms with Crippen molar-refractivity contribution in [3.05, 3.63) is 131 Å². The molecule has 0 fully saturated rings. The van der Waals surface area contributed by atoms with Gasteiger partial charge in [-0.2, -0.15) is 0 Å². The van der Waals surface area contributed by atoms with Crippen molar-refractivity contribution in [2.75, 3.05) is 26.3 Å². The molecule has 4 rings (SSSR count). The molecule has 0 spiro atoms. The third-order valence-corrected chi connectivity index (χ3v) is 6.47. The lowest BCUT2D eigenvalue weighted by molar-refractivity contribution is 0.0644. The van der Waals surface area contributed by atoms with Gasteiger partial charge in [-0.1, -0.05) is 60.7 Å². The molecule has 6 heteroatoms. The Bertz CT molecular complexity index is 1230. The van der Waals surface area contributed by atoms with E-state index in [1.54, 1.807) is 34.1 Å². The number of amides is 2. The molecule has 0 saturated heterocycles. The van der Waals surface area contributed by atoms with Crippen LogP contribution in [0.2, 0.25) is 0 Å². The summed E-state index contributed by atoms with van der Waals surface area (Å²) in [6, 6.07) is 34.2. The molecule has 206 valence electrons. The molecule has 4 aromatic rings. The van der Waals surface area contributed by atoms with Gasteiger partial charge in [-0.15, -0.1) is 0 Å². The summed E-state index contributed by atoms with van der Waals surface area (Å²) >= 11 is 0. The Morgan fingerprint density at radius 2 is 0.875 bits per heavy atom. The average Bonchev–Trinajstić information content (AvgIpc) is 3.00. The first kappa shape index (κ1) is 28.4. The van der Waals surface area contributed by atoms with E-state index in [-0.39, 0.29) is 11.8 Å². The highest BCUT2D eigenvalue weighted by atomic mass is 16.5. The van der Waals surface area contributed by atoms with Crippen LogP contribution in [0.1, 0.15) is 45.7 Å². The van der Waals surface area contributed by atoms with Crippen molar-refractivity contribution in [2.24, 2.45) is 0 Å². The van der Waals surface area contributed by atoms with Crippen molar-refractivity contribution in [1.29, 1.82) is 0 Å². The van der Waals surface area contributed by atoms with Crippen LogP contribution < -0.4 is 9.47 Å². The van der Waals surface area contributed by atoms with Crippen molar-refractivity contribution in [3.8, 4) is 11.5 Å². The van der Waals surface area contributed by atoms with Gasteiger partial charge in [-0.3, -0.25) is 9.59 Å². The molecular formula is C34H36N2O4. The summed E-state index contributed by atoms with van der Waals surface area (Å²) in [6.45, 7) is 6.59. The summed E-state index contributed by atoms with van der Waals surface area (Å²) in [5.41, 5.74) is 3.20. The number of hydrogen-bond donors (Lipinski definition) is 0. The van der Waals surface area contributed by atoms with Gasteiger partial charge in [0.1, 0.15) is 11.5 Å². The van der Waals surface area contributed by atoms with Gasteiger partial charge in [0, 0.05) is 37.3 Å². The Morgan fingerprint density at radius 1 is 0.525 bits per heavy atom. The van der Waals surface area contributed by atoms with Gasteiger partial charge in [-0.25, -0.2) is 0 Å². The second-order valence-corrected chi connectivity index (χ2v) is 9.34. The predicted molar refractivity (Wildman–Crippen MR) is 158 cm³/mol. The third kappa shape index (κ3) is 7.96. The van der Waals surface area contributed by atoms with Gasteiger partial charge >= 0.3 is 0 Å². The van der Waals surface area contributed by atoms with Crippen LogP contribution in [-0.4, -0.2) is 47.9 Å². The fourth-order valence-corrected chi connectivity index (χ4v) is 4.44. The summed E-state index contributed by atoms with van der Waals surface area (Å²) in [5, 5.41) is 0. The Hall–Kier alpha value is -4.58. The minimum atomic E-state index is -0.0971. The zero-order valence-corrected chi connectivity index (χ0v) is 23.2. The van der Waals surface area contributed by atoms with Crippen LogP contribution >= 0.6 is 0 Å². The van der Waals surface area contributed by atoms with Crippen molar-refractivity contribution in [3.63, 3.8) is 0 Å². The van der Waals surface area contributed by atoms with E-state index in [1.807, 2.05) is 98.8 Å². The highest BCUT2D eigenvalue weighted by Gasteiger charge is 2.21. The first-order chi connectivity index (χ1) is 19.6. The number of nitrogens with zero attached hydrogens (tertiary/aromatic N) is 2. The van der Waals surface area contributed by atoms with E-state index in [0.29, 0.717) is 50.5 Å². The first-order valence-electron chi connectivity index (χ1n) is 13.7. The van der Waals surface area contributed by atoms with Crippen LogP contribution in [0.5, 0.6) is 11.5 Å². The Balaban J connectivity index is 1.57. The molecule has 0 heterocycles. The number of benzene rings is 4. The molecule has 0 aromatic heterocycles. The molecular weight excluding hydrogens is 500 g/mol. The zero-order chi connectivity index (χ0) is 28.2. The van der Waals surface area contributed by atoms with Crippen LogP contribution in [0, 0.1) is 0 Å². The number of ether oxygens (including phenoxy) is 2. The topological polar surface area (TPSA) is 59.1 Å². The van der Waals surface area contributed by atoms with Crippen LogP contribution in [0.3, 0.4) is 0 Å². The number of carbonyl (C=O) groups is 2. The normalized spacial score (nSPS) is 10.6. The molecule has 0 atom stereocenters. The standard InChI is InChI=1S/C34H36N2O4/c1-3-39-31-19-15-29(16-20-31)33(37)35(25-27-11-7-5-8-12-27)23-24-36(26-28-13-9-6-10-14-28)34(38)30-17-21-32(22-18-30)40-4-2/h5-22H,3-4,23-26H2,1-2H3. The van der Waals surface area contributed by atoms with E-state index in [9.17, 15) is 9.59 Å². The molecule has 0 bridgehead atoms. The Morgan fingerprint density at radius 3 is 1.20 bits per heavy atom. The highest BCUT2D eigenvalue weighted by Crippen LogP contribution is 2.18. The first-order valence-corrected chi connectivity index (χ1v) is 13.7. The molecule has 0 aliphatic carbocycles. The molecule has 0 aliphatic rings. The molecule has 0 saturated carbocycles. The smallest absolute Gasteiger partial charge is 0.254 e. The number of hydrogen-bond acceptors (Lipinski definition) is 4. The van der Waals surface area contributed by atoms with Gasteiger partial charge in [-0.05, 0) is 73.5 Å². The highest BCUT2D eigenvalue weighted by molar-refractivity contribution is 5.95. The van der Waals surface area contributed by atoms with Crippen LogP contribution in [0.4, 0.5) is 0 Å². The van der Waals surface area contributed by atoms with E-state index in [2.05, 4.69) is 0 Å². The lowest BCUT2D eigenvalue weighted by Gasteiger charge is -2.29. The lowest BCUT2D eigenvalue weighted by Crippen LogP contribution is -2.40. The van der Waals surface area contributed by atoms with Crippen molar-refractivity contribution in [1.82, 2.24) is 9.80 Å². The average molecular weight is 537 g/mol. The maximum Gasteiger partial charge on any atom is 0.254 e. The zero-order valence-electron chi connectivity index (χ0n) is 23.2. The van der Waals surface area contributed by atoms with Gasteiger partial charge in [0.25, 0.3) is 11.8 Å². The maximum atomic E-state index is 13.7. The van der Waals surface area contributed by atoms with E-state index < -0.39 is 0 Å². The second-order valence-electron chi connectivity index (χ2n) is 9.34. The van der Waals surface area contributed by atoms with Crippen molar-refractivity contribution >= 4 is 11.8 Å². The molecule has 0 unspecified atom stereocenters. The van der Waals surface area contributed by atoms with E-state index in [0.717, 1.165) is 22.6 Å². The summed E-state index contributed by atoms with van der Waals surface area (Å²) in [5.74, 6) is 1.26. The fourth-order valence-electron chi connectivity index (χ4n) is 4.44. The Kier molecular flexibility index (Phi) is 10.3. The number of rotatable bonds is 13. The molecule has 2 amide bonds. The van der Waals surface area contributed by atoms with Gasteiger partial charge < -0.3 is 19.3 Å². The van der Waals surface area contributed by atoms with Crippen molar-refractivity contribution in [2.45, 2.75) is 26.9 Å². The third-order valence-electron chi connectivity index (χ3n) is 6.47. The summed E-state index contributed by atoms with van der Waals surface area (Å²) in [4.78, 5) is 31.0. The maximum absolute atomic E-state index is 13.7. The summed E-state index contributed by atoms with van der Waals surface area (Å²) in [6.07, 6.45) is 0. The van der Waals surface area contributed by atoms with E-state index in [4.69, 9.17) is 9.47 Å². The quantitative estimate of drug-likeness (QED) is 0.197. The number of carbonyl (C=O) groups excluding carboxylic acids is 2. The molecule has 40 heavy (non-hydrogen) atoms. The molecule has 0 N–H and O–H groups in total. The van der Waals surface area contributed by atoms with Crippen LogP contribution in [-0.2, 0) is 13.1 Å². The van der Waals surface area contributed by atoms with Gasteiger partial charge in [0.15, 0.2) is 0 Å². The molecule has 0 aliphatic heterocycles. The molecule has 4 aromatic carbocycles. The second kappa shape index (κ2) is 14.5.